The van der Waals surface area contributed by atoms with E-state index in [1.54, 1.807) is 0 Å². The molecule has 0 radical (unpaired) electrons. The molecule has 2 bridgehead atoms. The molecule has 3 heterocycles. The number of hydrogen-bond donors (Lipinski definition) is 1. The van der Waals surface area contributed by atoms with Crippen molar-refractivity contribution in [1.82, 2.24) is 10.3 Å². The highest BCUT2D eigenvalue weighted by molar-refractivity contribution is 5.40. The first kappa shape index (κ1) is 12.7. The van der Waals surface area contributed by atoms with E-state index in [9.17, 15) is 13.2 Å². The van der Waals surface area contributed by atoms with Crippen LogP contribution in [0.15, 0.2) is 18.3 Å². The summed E-state index contributed by atoms with van der Waals surface area (Å²) in [5.74, 6) is 0.641. The summed E-state index contributed by atoms with van der Waals surface area (Å²) < 4.78 is 37.5. The molecule has 3 rings (SSSR count). The molecule has 0 spiro atoms. The summed E-state index contributed by atoms with van der Waals surface area (Å²) in [6.07, 6.45) is -0.0171. The Morgan fingerprint density at radius 3 is 2.63 bits per heavy atom. The average Bonchev–Trinajstić information content (AvgIpc) is 2.68. The van der Waals surface area contributed by atoms with Crippen molar-refractivity contribution in [1.29, 1.82) is 0 Å². The SMILES string of the molecule is FC(F)(F)c1ccc(N2CCC3CCC(C2)N3)nc1. The summed E-state index contributed by atoms with van der Waals surface area (Å²) >= 11 is 0. The van der Waals surface area contributed by atoms with Gasteiger partial charge in [0.15, 0.2) is 0 Å². The normalized spacial score (nSPS) is 27.4. The van der Waals surface area contributed by atoms with Crippen molar-refractivity contribution >= 4 is 5.82 Å². The van der Waals surface area contributed by atoms with Crippen LogP contribution in [0.25, 0.3) is 0 Å². The zero-order chi connectivity index (χ0) is 13.5. The van der Waals surface area contributed by atoms with E-state index in [1.165, 1.54) is 12.5 Å². The second-order valence-electron chi connectivity index (χ2n) is 5.28. The van der Waals surface area contributed by atoms with E-state index >= 15 is 0 Å². The minimum atomic E-state index is -4.31. The third-order valence-electron chi connectivity index (χ3n) is 3.92. The van der Waals surface area contributed by atoms with Crippen molar-refractivity contribution in [2.75, 3.05) is 18.0 Å². The Morgan fingerprint density at radius 2 is 1.95 bits per heavy atom. The predicted octanol–water partition coefficient (Wildman–Crippen LogP) is 2.43. The number of halogens is 3. The monoisotopic (exact) mass is 271 g/mol. The lowest BCUT2D eigenvalue weighted by Gasteiger charge is -2.25. The molecule has 1 N–H and O–H groups in total. The lowest BCUT2D eigenvalue weighted by Crippen LogP contribution is -2.35. The van der Waals surface area contributed by atoms with Gasteiger partial charge in [-0.1, -0.05) is 0 Å². The van der Waals surface area contributed by atoms with Crippen LogP contribution in [0, 0.1) is 0 Å². The fourth-order valence-electron chi connectivity index (χ4n) is 2.89. The Bertz CT molecular complexity index is 443. The number of anilines is 1. The third-order valence-corrected chi connectivity index (χ3v) is 3.92. The van der Waals surface area contributed by atoms with Gasteiger partial charge in [-0.05, 0) is 31.4 Å². The summed E-state index contributed by atoms with van der Waals surface area (Å²) in [4.78, 5) is 6.05. The Labute approximate surface area is 109 Å². The first-order chi connectivity index (χ1) is 9.02. The van der Waals surface area contributed by atoms with E-state index in [2.05, 4.69) is 15.2 Å². The van der Waals surface area contributed by atoms with Crippen molar-refractivity contribution in [2.45, 2.75) is 37.5 Å². The van der Waals surface area contributed by atoms with Crippen LogP contribution in [0.5, 0.6) is 0 Å². The first-order valence-corrected chi connectivity index (χ1v) is 6.56. The molecule has 2 aliphatic heterocycles. The van der Waals surface area contributed by atoms with Crippen LogP contribution >= 0.6 is 0 Å². The minimum Gasteiger partial charge on any atom is -0.355 e. The second kappa shape index (κ2) is 4.67. The van der Waals surface area contributed by atoms with E-state index in [4.69, 9.17) is 0 Å². The highest BCUT2D eigenvalue weighted by atomic mass is 19.4. The molecule has 3 nitrogen and oxygen atoms in total. The van der Waals surface area contributed by atoms with Gasteiger partial charge in [0.2, 0.25) is 0 Å². The van der Waals surface area contributed by atoms with Crippen molar-refractivity contribution in [2.24, 2.45) is 0 Å². The van der Waals surface area contributed by atoms with Crippen LogP contribution in [0.3, 0.4) is 0 Å². The fourth-order valence-corrected chi connectivity index (χ4v) is 2.89. The molecule has 2 fully saturated rings. The molecule has 2 unspecified atom stereocenters. The van der Waals surface area contributed by atoms with E-state index in [1.807, 2.05) is 0 Å². The van der Waals surface area contributed by atoms with Gasteiger partial charge in [-0.15, -0.1) is 0 Å². The lowest BCUT2D eigenvalue weighted by molar-refractivity contribution is -0.137. The van der Waals surface area contributed by atoms with Gasteiger partial charge in [-0.3, -0.25) is 0 Å². The molecule has 0 aromatic carbocycles. The Balaban J connectivity index is 1.75. The molecule has 0 amide bonds. The molecular weight excluding hydrogens is 255 g/mol. The van der Waals surface area contributed by atoms with Crippen molar-refractivity contribution in [3.63, 3.8) is 0 Å². The summed E-state index contributed by atoms with van der Waals surface area (Å²) in [6, 6.07) is 3.59. The van der Waals surface area contributed by atoms with Crippen molar-refractivity contribution in [3.05, 3.63) is 23.9 Å². The van der Waals surface area contributed by atoms with Crippen molar-refractivity contribution in [3.8, 4) is 0 Å². The molecular formula is C13H16F3N3. The van der Waals surface area contributed by atoms with Gasteiger partial charge in [0, 0.05) is 31.4 Å². The van der Waals surface area contributed by atoms with Gasteiger partial charge >= 0.3 is 6.18 Å². The molecule has 1 aromatic heterocycles. The molecule has 2 aliphatic rings. The quantitative estimate of drug-likeness (QED) is 0.850. The summed E-state index contributed by atoms with van der Waals surface area (Å²) in [7, 11) is 0. The van der Waals surface area contributed by atoms with Gasteiger partial charge in [-0.2, -0.15) is 13.2 Å². The summed E-state index contributed by atoms with van der Waals surface area (Å²) in [5, 5.41) is 3.54. The molecule has 19 heavy (non-hydrogen) atoms. The number of aromatic nitrogens is 1. The van der Waals surface area contributed by atoms with Crippen LogP contribution in [0.1, 0.15) is 24.8 Å². The zero-order valence-corrected chi connectivity index (χ0v) is 10.5. The third kappa shape index (κ3) is 2.68. The van der Waals surface area contributed by atoms with Gasteiger partial charge in [0.25, 0.3) is 0 Å². The number of pyridine rings is 1. The number of nitrogens with one attached hydrogen (secondary N) is 1. The van der Waals surface area contributed by atoms with Crippen LogP contribution in [-0.2, 0) is 6.18 Å². The molecule has 2 saturated heterocycles. The minimum absolute atomic E-state index is 0.441. The summed E-state index contributed by atoms with van der Waals surface area (Å²) in [5.41, 5.74) is -0.689. The van der Waals surface area contributed by atoms with Gasteiger partial charge in [0.05, 0.1) is 5.56 Å². The first-order valence-electron chi connectivity index (χ1n) is 6.56. The number of fused-ring (bicyclic) bond motifs is 2. The van der Waals surface area contributed by atoms with E-state index < -0.39 is 11.7 Å². The highest BCUT2D eigenvalue weighted by Gasteiger charge is 2.32. The number of alkyl halides is 3. The molecule has 0 aliphatic carbocycles. The van der Waals surface area contributed by atoms with Crippen LogP contribution in [0.4, 0.5) is 19.0 Å². The van der Waals surface area contributed by atoms with E-state index in [0.717, 1.165) is 38.2 Å². The predicted molar refractivity (Wildman–Crippen MR) is 66.0 cm³/mol. The Hall–Kier alpha value is -1.30. The molecule has 2 atom stereocenters. The maximum absolute atomic E-state index is 12.5. The molecule has 1 aromatic rings. The van der Waals surface area contributed by atoms with Gasteiger partial charge in [0.1, 0.15) is 5.82 Å². The Morgan fingerprint density at radius 1 is 1.16 bits per heavy atom. The number of hydrogen-bond acceptors (Lipinski definition) is 3. The smallest absolute Gasteiger partial charge is 0.355 e. The zero-order valence-electron chi connectivity index (χ0n) is 10.5. The highest BCUT2D eigenvalue weighted by Crippen LogP contribution is 2.30. The standard InChI is InChI=1S/C13H16F3N3/c14-13(15,16)9-1-4-12(17-7-9)19-6-5-10-2-3-11(8-19)18-10/h1,4,7,10-11,18H,2-3,5-6,8H2. The lowest BCUT2D eigenvalue weighted by atomic mass is 10.1. The average molecular weight is 271 g/mol. The molecule has 0 saturated carbocycles. The largest absolute Gasteiger partial charge is 0.417 e. The fraction of sp³-hybridized carbons (Fsp3) is 0.615. The maximum Gasteiger partial charge on any atom is 0.417 e. The Kier molecular flexibility index (Phi) is 3.12. The number of nitrogens with zero attached hydrogens (tertiary/aromatic N) is 2. The second-order valence-corrected chi connectivity index (χ2v) is 5.28. The van der Waals surface area contributed by atoms with Crippen LogP contribution in [-0.4, -0.2) is 30.2 Å². The maximum atomic E-state index is 12.5. The summed E-state index contributed by atoms with van der Waals surface area (Å²) in [6.45, 7) is 1.68. The molecule has 104 valence electrons. The van der Waals surface area contributed by atoms with Crippen molar-refractivity contribution < 1.29 is 13.2 Å². The molecule has 6 heteroatoms. The van der Waals surface area contributed by atoms with Gasteiger partial charge in [-0.25, -0.2) is 4.98 Å². The van der Waals surface area contributed by atoms with E-state index in [0.29, 0.717) is 17.9 Å². The van der Waals surface area contributed by atoms with Crippen LogP contribution < -0.4 is 10.2 Å². The van der Waals surface area contributed by atoms with Gasteiger partial charge < -0.3 is 10.2 Å². The topological polar surface area (TPSA) is 28.2 Å². The van der Waals surface area contributed by atoms with Crippen LogP contribution in [0.2, 0.25) is 0 Å². The number of rotatable bonds is 1. The van der Waals surface area contributed by atoms with E-state index in [-0.39, 0.29) is 0 Å².